The Morgan fingerprint density at radius 2 is 1.77 bits per heavy atom. The molecule has 2 N–H and O–H groups in total. The number of anilines is 1. The van der Waals surface area contributed by atoms with Crippen LogP contribution in [-0.4, -0.2) is 52.7 Å². The normalized spacial score (nSPS) is 13.8. The first-order valence-electron chi connectivity index (χ1n) is 10.3. The number of rotatable bonds is 7. The van der Waals surface area contributed by atoms with Gasteiger partial charge in [0.25, 0.3) is 11.8 Å². The van der Waals surface area contributed by atoms with Crippen LogP contribution in [0.5, 0.6) is 0 Å². The molecule has 7 nitrogen and oxygen atoms in total. The lowest BCUT2D eigenvalue weighted by Gasteiger charge is -2.14. The Hall–Kier alpha value is -3.16. The number of nitrogens with zero attached hydrogens (tertiary/aromatic N) is 3. The maximum absolute atomic E-state index is 12.5. The van der Waals surface area contributed by atoms with Crippen LogP contribution in [0.3, 0.4) is 0 Å². The van der Waals surface area contributed by atoms with Crippen molar-refractivity contribution in [3.8, 4) is 5.69 Å². The number of carbonyl (C=O) groups is 2. The first-order chi connectivity index (χ1) is 15.1. The van der Waals surface area contributed by atoms with Crippen molar-refractivity contribution >= 4 is 29.1 Å². The first kappa shape index (κ1) is 21.1. The lowest BCUT2D eigenvalue weighted by Crippen LogP contribution is -2.33. The standard InChI is InChI=1S/C23H24ClN5O2/c24-19-4-3-5-21(14-19)29-16-18(15-26-29)23(31)27-20-8-6-17(7-9-20)22(30)25-10-13-28-11-1-2-12-28/h3-9,14-16H,1-2,10-13H2,(H,25,30)(H,27,31). The number of hydrogen-bond donors (Lipinski definition) is 2. The van der Waals surface area contributed by atoms with E-state index in [1.54, 1.807) is 47.3 Å². The third-order valence-corrected chi connectivity index (χ3v) is 5.47. The largest absolute Gasteiger partial charge is 0.351 e. The molecule has 1 aromatic heterocycles. The van der Waals surface area contributed by atoms with Gasteiger partial charge in [0, 0.05) is 35.6 Å². The monoisotopic (exact) mass is 437 g/mol. The highest BCUT2D eigenvalue weighted by molar-refractivity contribution is 6.30. The minimum atomic E-state index is -0.281. The Morgan fingerprint density at radius 3 is 2.52 bits per heavy atom. The Morgan fingerprint density at radius 1 is 1.00 bits per heavy atom. The fraction of sp³-hybridized carbons (Fsp3) is 0.261. The maximum Gasteiger partial charge on any atom is 0.258 e. The predicted octanol–water partition coefficient (Wildman–Crippen LogP) is 3.60. The molecular weight excluding hydrogens is 414 g/mol. The van der Waals surface area contributed by atoms with E-state index in [1.807, 2.05) is 12.1 Å². The molecule has 0 saturated carbocycles. The van der Waals surface area contributed by atoms with Crippen molar-refractivity contribution in [3.63, 3.8) is 0 Å². The number of likely N-dealkylation sites (tertiary alicyclic amines) is 1. The summed E-state index contributed by atoms with van der Waals surface area (Å²) in [4.78, 5) is 27.2. The summed E-state index contributed by atoms with van der Waals surface area (Å²) in [6, 6.07) is 14.1. The molecule has 1 aliphatic heterocycles. The second kappa shape index (κ2) is 9.76. The molecule has 0 radical (unpaired) electrons. The third-order valence-electron chi connectivity index (χ3n) is 5.23. The van der Waals surface area contributed by atoms with E-state index in [2.05, 4.69) is 20.6 Å². The summed E-state index contributed by atoms with van der Waals surface area (Å²) < 4.78 is 1.59. The molecular formula is C23H24ClN5O2. The van der Waals surface area contributed by atoms with Crippen LogP contribution in [0.15, 0.2) is 60.9 Å². The number of hydrogen-bond acceptors (Lipinski definition) is 4. The van der Waals surface area contributed by atoms with E-state index in [9.17, 15) is 9.59 Å². The van der Waals surface area contributed by atoms with Crippen LogP contribution >= 0.6 is 11.6 Å². The minimum absolute atomic E-state index is 0.111. The van der Waals surface area contributed by atoms with Crippen molar-refractivity contribution in [3.05, 3.63) is 77.1 Å². The van der Waals surface area contributed by atoms with Crippen LogP contribution in [0.1, 0.15) is 33.6 Å². The molecule has 2 aromatic carbocycles. The molecule has 0 bridgehead atoms. The Bertz CT molecular complexity index is 1060. The van der Waals surface area contributed by atoms with E-state index in [0.29, 0.717) is 28.4 Å². The molecule has 31 heavy (non-hydrogen) atoms. The van der Waals surface area contributed by atoms with Gasteiger partial charge in [-0.05, 0) is 68.4 Å². The minimum Gasteiger partial charge on any atom is -0.351 e. The van der Waals surface area contributed by atoms with Crippen molar-refractivity contribution in [2.45, 2.75) is 12.8 Å². The zero-order valence-corrected chi connectivity index (χ0v) is 17.8. The van der Waals surface area contributed by atoms with Gasteiger partial charge in [0.1, 0.15) is 0 Å². The smallest absolute Gasteiger partial charge is 0.258 e. The van der Waals surface area contributed by atoms with Crippen LogP contribution in [0.4, 0.5) is 5.69 Å². The molecule has 0 aliphatic carbocycles. The predicted molar refractivity (Wildman–Crippen MR) is 121 cm³/mol. The van der Waals surface area contributed by atoms with Gasteiger partial charge in [-0.2, -0.15) is 5.10 Å². The average Bonchev–Trinajstić information content (AvgIpc) is 3.47. The van der Waals surface area contributed by atoms with Gasteiger partial charge in [-0.25, -0.2) is 4.68 Å². The first-order valence-corrected chi connectivity index (χ1v) is 10.7. The van der Waals surface area contributed by atoms with Crippen LogP contribution in [0.2, 0.25) is 5.02 Å². The molecule has 2 amide bonds. The highest BCUT2D eigenvalue weighted by Gasteiger charge is 2.13. The third kappa shape index (κ3) is 5.51. The van der Waals surface area contributed by atoms with Gasteiger partial charge < -0.3 is 15.5 Å². The summed E-state index contributed by atoms with van der Waals surface area (Å²) in [5.41, 5.74) is 2.36. The van der Waals surface area contributed by atoms with Gasteiger partial charge in [-0.1, -0.05) is 17.7 Å². The molecule has 0 unspecified atom stereocenters. The van der Waals surface area contributed by atoms with Gasteiger partial charge in [-0.3, -0.25) is 9.59 Å². The second-order valence-corrected chi connectivity index (χ2v) is 7.93. The molecule has 1 aliphatic rings. The van der Waals surface area contributed by atoms with E-state index in [1.165, 1.54) is 19.0 Å². The van der Waals surface area contributed by atoms with Gasteiger partial charge in [-0.15, -0.1) is 0 Å². The molecule has 2 heterocycles. The van der Waals surface area contributed by atoms with E-state index in [0.717, 1.165) is 25.3 Å². The topological polar surface area (TPSA) is 79.3 Å². The Kier molecular flexibility index (Phi) is 6.64. The van der Waals surface area contributed by atoms with Crippen molar-refractivity contribution in [1.29, 1.82) is 0 Å². The molecule has 0 spiro atoms. The van der Waals surface area contributed by atoms with Crippen LogP contribution < -0.4 is 10.6 Å². The zero-order valence-electron chi connectivity index (χ0n) is 17.1. The Balaban J connectivity index is 1.31. The number of aromatic nitrogens is 2. The number of amides is 2. The molecule has 4 rings (SSSR count). The Labute approximate surface area is 186 Å². The number of carbonyl (C=O) groups excluding carboxylic acids is 2. The van der Waals surface area contributed by atoms with Crippen molar-refractivity contribution in [2.75, 3.05) is 31.5 Å². The molecule has 0 atom stereocenters. The number of nitrogens with one attached hydrogen (secondary N) is 2. The molecule has 8 heteroatoms. The zero-order chi connectivity index (χ0) is 21.6. The molecule has 1 fully saturated rings. The van der Waals surface area contributed by atoms with E-state index in [-0.39, 0.29) is 11.8 Å². The van der Waals surface area contributed by atoms with Crippen molar-refractivity contribution < 1.29 is 9.59 Å². The fourth-order valence-corrected chi connectivity index (χ4v) is 3.73. The lowest BCUT2D eigenvalue weighted by atomic mass is 10.2. The maximum atomic E-state index is 12.5. The SMILES string of the molecule is O=C(NCCN1CCCC1)c1ccc(NC(=O)c2cnn(-c3cccc(Cl)c3)c2)cc1. The summed E-state index contributed by atoms with van der Waals surface area (Å²) in [6.45, 7) is 3.74. The highest BCUT2D eigenvalue weighted by atomic mass is 35.5. The lowest BCUT2D eigenvalue weighted by molar-refractivity contribution is 0.0949. The van der Waals surface area contributed by atoms with E-state index >= 15 is 0 Å². The average molecular weight is 438 g/mol. The van der Waals surface area contributed by atoms with Crippen LogP contribution in [0, 0.1) is 0 Å². The van der Waals surface area contributed by atoms with Gasteiger partial charge in [0.05, 0.1) is 17.4 Å². The summed E-state index contributed by atoms with van der Waals surface area (Å²) in [5.74, 6) is -0.393. The quantitative estimate of drug-likeness (QED) is 0.592. The highest BCUT2D eigenvalue weighted by Crippen LogP contribution is 2.16. The van der Waals surface area contributed by atoms with E-state index in [4.69, 9.17) is 11.6 Å². The van der Waals surface area contributed by atoms with Crippen molar-refractivity contribution in [1.82, 2.24) is 20.0 Å². The van der Waals surface area contributed by atoms with E-state index < -0.39 is 0 Å². The summed E-state index contributed by atoms with van der Waals surface area (Å²) in [5, 5.41) is 10.6. The van der Waals surface area contributed by atoms with Gasteiger partial charge in [0.2, 0.25) is 0 Å². The summed E-state index contributed by atoms with van der Waals surface area (Å²) >= 11 is 6.01. The van der Waals surface area contributed by atoms with Crippen LogP contribution in [-0.2, 0) is 0 Å². The number of benzene rings is 2. The number of halogens is 1. The second-order valence-electron chi connectivity index (χ2n) is 7.49. The van der Waals surface area contributed by atoms with Gasteiger partial charge >= 0.3 is 0 Å². The fourth-order valence-electron chi connectivity index (χ4n) is 3.54. The summed E-state index contributed by atoms with van der Waals surface area (Å²) in [6.07, 6.45) is 5.62. The van der Waals surface area contributed by atoms with Crippen molar-refractivity contribution in [2.24, 2.45) is 0 Å². The molecule has 160 valence electrons. The van der Waals surface area contributed by atoms with Crippen LogP contribution in [0.25, 0.3) is 5.69 Å². The molecule has 1 saturated heterocycles. The molecule has 3 aromatic rings. The van der Waals surface area contributed by atoms with Gasteiger partial charge in [0.15, 0.2) is 0 Å². The summed E-state index contributed by atoms with van der Waals surface area (Å²) in [7, 11) is 0.